The van der Waals surface area contributed by atoms with Crippen molar-refractivity contribution < 1.29 is 4.79 Å². The Labute approximate surface area is 168 Å². The first kappa shape index (κ1) is 17.5. The van der Waals surface area contributed by atoms with Crippen molar-refractivity contribution in [3.8, 4) is 0 Å². The number of piperidine rings is 4. The minimum absolute atomic E-state index is 0.355. The Morgan fingerprint density at radius 1 is 1.04 bits per heavy atom. The minimum Gasteiger partial charge on any atom is -0.342 e. The monoisotopic (exact) mass is 379 g/mol. The van der Waals surface area contributed by atoms with E-state index in [1.807, 2.05) is 0 Å². The van der Waals surface area contributed by atoms with E-state index in [9.17, 15) is 4.79 Å². The lowest BCUT2D eigenvalue weighted by molar-refractivity contribution is -0.141. The molecule has 28 heavy (non-hydrogen) atoms. The molecule has 1 saturated carbocycles. The molecule has 4 saturated heterocycles. The number of hydrogen-bond acceptors (Lipinski definition) is 3. The summed E-state index contributed by atoms with van der Waals surface area (Å²) >= 11 is 0. The van der Waals surface area contributed by atoms with Crippen molar-refractivity contribution >= 4 is 5.91 Å². The van der Waals surface area contributed by atoms with E-state index >= 15 is 0 Å². The fraction of sp³-hybridized carbons (Fsp3) is 0.708. The van der Waals surface area contributed by atoms with Crippen LogP contribution in [0.15, 0.2) is 30.3 Å². The molecular weight excluding hydrogens is 346 g/mol. The van der Waals surface area contributed by atoms with Crippen LogP contribution in [0.25, 0.3) is 0 Å². The molecule has 1 aromatic carbocycles. The number of nitrogens with one attached hydrogen (secondary N) is 1. The van der Waals surface area contributed by atoms with Crippen LogP contribution in [-0.4, -0.2) is 60.5 Å². The molecule has 1 unspecified atom stereocenters. The molecular formula is C24H33N3O. The standard InChI is InChI=1S/C24H33N3O/c28-24(23-20-11-25-12-21(20)23)26-13-17-9-18(15-26)22-8-4-7-19(27(22)14-17)10-16-5-2-1-3-6-16/h1-3,5-6,17-23,25H,4,7-15H2/t17-,18+,19+,20-,21+,22-,23?/m0/s1. The van der Waals surface area contributed by atoms with Gasteiger partial charge >= 0.3 is 0 Å². The van der Waals surface area contributed by atoms with Crippen LogP contribution in [0, 0.1) is 29.6 Å². The lowest BCUT2D eigenvalue weighted by Gasteiger charge is -2.55. The quantitative estimate of drug-likeness (QED) is 0.876. The highest BCUT2D eigenvalue weighted by molar-refractivity contribution is 5.83. The summed E-state index contributed by atoms with van der Waals surface area (Å²) < 4.78 is 0. The number of fused-ring (bicyclic) bond motifs is 5. The molecule has 7 atom stereocenters. The lowest BCUT2D eigenvalue weighted by atomic mass is 9.74. The number of carbonyl (C=O) groups is 1. The van der Waals surface area contributed by atoms with Gasteiger partial charge in [-0.05, 0) is 68.0 Å². The summed E-state index contributed by atoms with van der Waals surface area (Å²) in [4.78, 5) is 18.3. The van der Waals surface area contributed by atoms with E-state index in [-0.39, 0.29) is 0 Å². The van der Waals surface area contributed by atoms with Gasteiger partial charge < -0.3 is 10.2 Å². The third-order valence-electron chi connectivity index (χ3n) is 8.52. The number of benzene rings is 1. The molecule has 1 amide bonds. The molecule has 5 aliphatic rings. The normalized spacial score (nSPS) is 42.0. The predicted molar refractivity (Wildman–Crippen MR) is 110 cm³/mol. The van der Waals surface area contributed by atoms with E-state index in [1.165, 1.54) is 44.2 Å². The van der Waals surface area contributed by atoms with Gasteiger partial charge in [0.05, 0.1) is 0 Å². The van der Waals surface area contributed by atoms with Crippen LogP contribution >= 0.6 is 0 Å². The molecule has 5 fully saturated rings. The lowest BCUT2D eigenvalue weighted by Crippen LogP contribution is -2.62. The van der Waals surface area contributed by atoms with Crippen LogP contribution < -0.4 is 5.32 Å². The molecule has 0 radical (unpaired) electrons. The Bertz CT molecular complexity index is 727. The molecule has 0 spiro atoms. The van der Waals surface area contributed by atoms with Crippen LogP contribution in [0.3, 0.4) is 0 Å². The zero-order valence-corrected chi connectivity index (χ0v) is 16.8. The average Bonchev–Trinajstić information content (AvgIpc) is 3.19. The number of nitrogens with zero attached hydrogens (tertiary/aromatic N) is 2. The Hall–Kier alpha value is -1.39. The summed E-state index contributed by atoms with van der Waals surface area (Å²) in [5.74, 6) is 3.54. The van der Waals surface area contributed by atoms with Crippen molar-refractivity contribution in [3.05, 3.63) is 35.9 Å². The van der Waals surface area contributed by atoms with Crippen LogP contribution in [0.5, 0.6) is 0 Å². The Morgan fingerprint density at radius 2 is 1.86 bits per heavy atom. The number of carbonyl (C=O) groups excluding carboxylic acids is 1. The summed E-state index contributed by atoms with van der Waals surface area (Å²) in [6.45, 7) is 5.39. The van der Waals surface area contributed by atoms with E-state index in [0.29, 0.717) is 47.6 Å². The van der Waals surface area contributed by atoms with E-state index < -0.39 is 0 Å². The third-order valence-corrected chi connectivity index (χ3v) is 8.52. The van der Waals surface area contributed by atoms with Gasteiger partial charge in [-0.3, -0.25) is 9.69 Å². The highest BCUT2D eigenvalue weighted by atomic mass is 16.2. The van der Waals surface area contributed by atoms with Crippen LogP contribution in [0.1, 0.15) is 31.2 Å². The third kappa shape index (κ3) is 2.91. The summed E-state index contributed by atoms with van der Waals surface area (Å²) in [5.41, 5.74) is 1.48. The highest BCUT2D eigenvalue weighted by Crippen LogP contribution is 2.50. The Morgan fingerprint density at radius 3 is 2.68 bits per heavy atom. The van der Waals surface area contributed by atoms with Crippen molar-refractivity contribution in [1.29, 1.82) is 0 Å². The van der Waals surface area contributed by atoms with Crippen LogP contribution in [-0.2, 0) is 11.2 Å². The van der Waals surface area contributed by atoms with E-state index in [1.54, 1.807) is 0 Å². The van der Waals surface area contributed by atoms with Gasteiger partial charge in [0.25, 0.3) is 0 Å². The van der Waals surface area contributed by atoms with Gasteiger partial charge in [-0.15, -0.1) is 0 Å². The topological polar surface area (TPSA) is 35.6 Å². The molecule has 4 nitrogen and oxygen atoms in total. The molecule has 1 aromatic rings. The molecule has 0 aromatic heterocycles. The molecule has 1 N–H and O–H groups in total. The maximum Gasteiger partial charge on any atom is 0.226 e. The fourth-order valence-electron chi connectivity index (χ4n) is 7.19. The number of hydrogen-bond donors (Lipinski definition) is 1. The number of likely N-dealkylation sites (tertiary alicyclic amines) is 1. The van der Waals surface area contributed by atoms with Crippen molar-refractivity contribution in [2.75, 3.05) is 32.7 Å². The second-order valence-electron chi connectivity index (χ2n) is 10.2. The summed E-state index contributed by atoms with van der Waals surface area (Å²) in [6, 6.07) is 12.4. The Kier molecular flexibility index (Phi) is 4.27. The second kappa shape index (κ2) is 6.84. The maximum atomic E-state index is 13.2. The summed E-state index contributed by atoms with van der Waals surface area (Å²) in [5, 5.41) is 3.43. The van der Waals surface area contributed by atoms with Gasteiger partial charge in [-0.2, -0.15) is 0 Å². The Balaban J connectivity index is 1.15. The predicted octanol–water partition coefficient (Wildman–Crippen LogP) is 2.40. The van der Waals surface area contributed by atoms with Gasteiger partial charge in [0.1, 0.15) is 0 Å². The first-order chi connectivity index (χ1) is 13.8. The van der Waals surface area contributed by atoms with Gasteiger partial charge in [-0.1, -0.05) is 36.8 Å². The second-order valence-corrected chi connectivity index (χ2v) is 10.2. The maximum absolute atomic E-state index is 13.2. The van der Waals surface area contributed by atoms with Crippen molar-refractivity contribution in [2.24, 2.45) is 29.6 Å². The molecule has 4 aliphatic heterocycles. The van der Waals surface area contributed by atoms with Crippen molar-refractivity contribution in [2.45, 2.75) is 44.2 Å². The van der Waals surface area contributed by atoms with E-state index in [2.05, 4.69) is 45.4 Å². The summed E-state index contributed by atoms with van der Waals surface area (Å²) in [6.07, 6.45) is 6.57. The molecule has 6 rings (SSSR count). The largest absolute Gasteiger partial charge is 0.342 e. The molecule has 2 bridgehead atoms. The van der Waals surface area contributed by atoms with Gasteiger partial charge in [0.15, 0.2) is 0 Å². The van der Waals surface area contributed by atoms with Gasteiger partial charge in [-0.25, -0.2) is 0 Å². The smallest absolute Gasteiger partial charge is 0.226 e. The first-order valence-corrected chi connectivity index (χ1v) is 11.6. The van der Waals surface area contributed by atoms with Crippen molar-refractivity contribution in [3.63, 3.8) is 0 Å². The van der Waals surface area contributed by atoms with Crippen molar-refractivity contribution in [1.82, 2.24) is 15.1 Å². The molecule has 1 aliphatic carbocycles. The number of rotatable bonds is 3. The fourth-order valence-corrected chi connectivity index (χ4v) is 7.19. The highest BCUT2D eigenvalue weighted by Gasteiger charge is 2.58. The SMILES string of the molecule is O=C(C1[C@H]2CNC[C@@H]12)N1C[C@@H]2C[C@H](C1)[C@@H]1CCC[C@H](Cc3ccccc3)N1C2. The van der Waals surface area contributed by atoms with Gasteiger partial charge in [0, 0.05) is 37.6 Å². The van der Waals surface area contributed by atoms with E-state index in [0.717, 1.165) is 26.2 Å². The first-order valence-electron chi connectivity index (χ1n) is 11.6. The van der Waals surface area contributed by atoms with Gasteiger partial charge in [0.2, 0.25) is 5.91 Å². The molecule has 4 heterocycles. The summed E-state index contributed by atoms with van der Waals surface area (Å²) in [7, 11) is 0. The van der Waals surface area contributed by atoms with Crippen LogP contribution in [0.2, 0.25) is 0 Å². The minimum atomic E-state index is 0.355. The number of amides is 1. The molecule has 150 valence electrons. The van der Waals surface area contributed by atoms with E-state index in [4.69, 9.17) is 0 Å². The average molecular weight is 380 g/mol. The zero-order chi connectivity index (χ0) is 18.7. The molecule has 4 heteroatoms. The zero-order valence-electron chi connectivity index (χ0n) is 16.8. The van der Waals surface area contributed by atoms with Crippen LogP contribution in [0.4, 0.5) is 0 Å².